The summed E-state index contributed by atoms with van der Waals surface area (Å²) in [5.41, 5.74) is -2.30. The van der Waals surface area contributed by atoms with E-state index in [9.17, 15) is 28.8 Å². The maximum Gasteiger partial charge on any atom is 0.313 e. The fourth-order valence-electron chi connectivity index (χ4n) is 21.7. The van der Waals surface area contributed by atoms with Crippen molar-refractivity contribution in [2.45, 2.75) is 307 Å². The van der Waals surface area contributed by atoms with E-state index < -0.39 is 34.2 Å². The Balaban J connectivity index is 0.000000133. The molecule has 16 rings (SSSR count). The Labute approximate surface area is 548 Å². The minimum absolute atomic E-state index is 0.00477. The van der Waals surface area contributed by atoms with E-state index in [0.717, 1.165) is 128 Å². The molecule has 16 fully saturated rings. The highest BCUT2D eigenvalue weighted by atomic mass is 16.7. The smallest absolute Gasteiger partial charge is 0.313 e. The van der Waals surface area contributed by atoms with Crippen molar-refractivity contribution >= 4 is 35.8 Å². The monoisotopic (exact) mass is 1270 g/mol. The van der Waals surface area contributed by atoms with Crippen LogP contribution in [0.5, 0.6) is 0 Å². The minimum atomic E-state index is -0.489. The molecule has 0 spiro atoms. The van der Waals surface area contributed by atoms with Gasteiger partial charge in [0.1, 0.15) is 25.4 Å². The van der Waals surface area contributed by atoms with Gasteiger partial charge in [-0.15, -0.1) is 0 Å². The summed E-state index contributed by atoms with van der Waals surface area (Å²) in [6.45, 7) is 29.6. The molecule has 14 heteroatoms. The van der Waals surface area contributed by atoms with Gasteiger partial charge in [0.2, 0.25) is 6.29 Å². The molecular weight excluding hydrogens is 1150 g/mol. The topological polar surface area (TPSA) is 176 Å². The molecule has 9 unspecified atom stereocenters. The first kappa shape index (κ1) is 70.5. The Morgan fingerprint density at radius 3 is 1.32 bits per heavy atom. The summed E-state index contributed by atoms with van der Waals surface area (Å²) in [7, 11) is 0. The van der Waals surface area contributed by atoms with Crippen LogP contribution in [-0.4, -0.2) is 85.5 Å². The average molecular weight is 1270 g/mol. The number of esters is 6. The van der Waals surface area contributed by atoms with E-state index in [2.05, 4.69) is 6.92 Å². The number of carbonyl (C=O) groups excluding carboxylic acids is 6. The van der Waals surface area contributed by atoms with E-state index in [1.54, 1.807) is 0 Å². The SMILES string of the molecule is CCC(C)(C)C(=O)OC(C)OC12CC3CC(CC(C3)C1)C2.CCC(C)(C)C(=O)OC(C)OC1CC2CC1C1C3CCC(C3)C21.CCC(C)(C)C(=O)OCCC(=O)OC1(C)C2CC3CC(C2)CC1C3.CCC(C)(C)C(=O)OCCOC(=O)C12CC3CC(CC(C3)C1)C2. The summed E-state index contributed by atoms with van der Waals surface area (Å²) in [4.78, 5) is 73.2. The van der Waals surface area contributed by atoms with Gasteiger partial charge in [0.25, 0.3) is 0 Å². The van der Waals surface area contributed by atoms with Crippen LogP contribution >= 0.6 is 0 Å². The molecule has 0 saturated heterocycles. The van der Waals surface area contributed by atoms with Gasteiger partial charge in [-0.25, -0.2) is 0 Å². The molecule has 0 heterocycles. The Bertz CT molecular complexity index is 2480. The van der Waals surface area contributed by atoms with Crippen molar-refractivity contribution in [3.05, 3.63) is 0 Å². The quantitative estimate of drug-likeness (QED) is 0.0329. The van der Waals surface area contributed by atoms with Crippen molar-refractivity contribution in [3.8, 4) is 0 Å². The number of ether oxygens (including phenoxy) is 8. The average Bonchev–Trinajstić information content (AvgIpc) is 1.65. The van der Waals surface area contributed by atoms with Crippen LogP contribution in [0.1, 0.15) is 277 Å². The Morgan fingerprint density at radius 1 is 0.440 bits per heavy atom. The third-order valence-electron chi connectivity index (χ3n) is 27.4. The van der Waals surface area contributed by atoms with E-state index in [1.165, 1.54) is 122 Å². The first-order chi connectivity index (χ1) is 42.8. The van der Waals surface area contributed by atoms with Crippen molar-refractivity contribution in [3.63, 3.8) is 0 Å². The van der Waals surface area contributed by atoms with Gasteiger partial charge in [0.05, 0.1) is 45.2 Å². The Kier molecular flexibility index (Phi) is 21.5. The van der Waals surface area contributed by atoms with Gasteiger partial charge in [0.15, 0.2) is 6.29 Å². The van der Waals surface area contributed by atoms with Crippen LogP contribution in [0.4, 0.5) is 0 Å². The lowest BCUT2D eigenvalue weighted by Gasteiger charge is -2.59. The van der Waals surface area contributed by atoms with E-state index in [-0.39, 0.29) is 78.7 Å². The second kappa shape index (κ2) is 27.7. The molecule has 0 amide bonds. The second-order valence-corrected chi connectivity index (χ2v) is 35.5. The molecule has 0 aromatic rings. The van der Waals surface area contributed by atoms with Crippen LogP contribution in [-0.2, 0) is 66.7 Å². The molecule has 0 radical (unpaired) electrons. The number of hydrogen-bond donors (Lipinski definition) is 0. The summed E-state index contributed by atoms with van der Waals surface area (Å²) in [5.74, 6) is 12.1. The van der Waals surface area contributed by atoms with E-state index in [0.29, 0.717) is 17.9 Å². The number of hydrogen-bond acceptors (Lipinski definition) is 14. The van der Waals surface area contributed by atoms with Gasteiger partial charge in [-0.2, -0.15) is 0 Å². The van der Waals surface area contributed by atoms with Gasteiger partial charge in [0, 0.05) is 0 Å². The molecule has 0 aromatic heterocycles. The minimum Gasteiger partial charge on any atom is -0.465 e. The standard InChI is InChI=1S/C20H32O4.C20H32O3.C19H30O4.C18H30O3/c1-5-19(2,3)18(22)23-7-6-17(21)24-20(4)15-9-13-8-14(11-15)12-16(20)10-13;1-5-20(3,4)19(21)23-11(2)22-16-10-14-9-15(16)18-13-7-6-12(8-13)17(14)18;1-4-18(2,3)16(20)22-5-6-23-17(21)19-10-13-7-14(11-19)9-15(8-13)12-19;1-5-17(3,4)16(19)20-12(2)21-18-9-13-6-14(10-18)8-15(7-13)11-18/h13-16H,5-12H2,1-4H3;11-18H,5-10H2,1-4H3;13-15H,4-12H2,1-3H3;12-15H,5-11H2,1-4H3. The lowest BCUT2D eigenvalue weighted by Crippen LogP contribution is -2.58. The first-order valence-corrected chi connectivity index (χ1v) is 37.3. The molecule has 0 aromatic carbocycles. The summed E-state index contributed by atoms with van der Waals surface area (Å²) in [6, 6.07) is 0. The van der Waals surface area contributed by atoms with E-state index in [1.807, 2.05) is 96.9 Å². The van der Waals surface area contributed by atoms with E-state index in [4.69, 9.17) is 37.9 Å². The maximum absolute atomic E-state index is 12.6. The van der Waals surface area contributed by atoms with Gasteiger partial charge in [-0.1, -0.05) is 27.7 Å². The number of carbonyl (C=O) groups is 6. The van der Waals surface area contributed by atoms with Crippen LogP contribution < -0.4 is 0 Å². The summed E-state index contributed by atoms with van der Waals surface area (Å²) >= 11 is 0. The van der Waals surface area contributed by atoms with Crippen molar-refractivity contribution < 1.29 is 66.7 Å². The zero-order valence-electron chi connectivity index (χ0n) is 59.4. The molecule has 0 N–H and O–H groups in total. The third-order valence-corrected chi connectivity index (χ3v) is 27.4. The second-order valence-electron chi connectivity index (χ2n) is 35.5. The molecule has 14 nitrogen and oxygen atoms in total. The zero-order chi connectivity index (χ0) is 65.8. The Hall–Kier alpha value is -3.26. The lowest BCUT2D eigenvalue weighted by molar-refractivity contribution is -0.248. The third kappa shape index (κ3) is 15.5. The fourth-order valence-corrected chi connectivity index (χ4v) is 21.7. The highest BCUT2D eigenvalue weighted by molar-refractivity contribution is 5.79. The van der Waals surface area contributed by atoms with Crippen LogP contribution in [0, 0.1) is 122 Å². The normalized spacial score (nSPS) is 39.3. The molecule has 16 aliphatic carbocycles. The van der Waals surface area contributed by atoms with Gasteiger partial charge < -0.3 is 37.9 Å². The molecular formula is C77H124O14. The summed E-state index contributed by atoms with van der Waals surface area (Å²) in [5, 5.41) is 0. The molecule has 0 aliphatic heterocycles. The fraction of sp³-hybridized carbons (Fsp3) is 0.922. The lowest BCUT2D eigenvalue weighted by atomic mass is 9.49. The summed E-state index contributed by atoms with van der Waals surface area (Å²) in [6.07, 6.45) is 30.7. The van der Waals surface area contributed by atoms with Gasteiger partial charge >= 0.3 is 35.8 Å². The van der Waals surface area contributed by atoms with Crippen LogP contribution in [0.15, 0.2) is 0 Å². The first-order valence-electron chi connectivity index (χ1n) is 37.3. The van der Waals surface area contributed by atoms with Crippen molar-refractivity contribution in [1.82, 2.24) is 0 Å². The summed E-state index contributed by atoms with van der Waals surface area (Å²) < 4.78 is 45.7. The predicted molar refractivity (Wildman–Crippen MR) is 348 cm³/mol. The highest BCUT2D eigenvalue weighted by Crippen LogP contribution is 2.68. The number of rotatable bonds is 22. The van der Waals surface area contributed by atoms with E-state index >= 15 is 0 Å². The van der Waals surface area contributed by atoms with Crippen molar-refractivity contribution in [1.29, 1.82) is 0 Å². The van der Waals surface area contributed by atoms with Gasteiger partial charge in [-0.3, -0.25) is 28.8 Å². The van der Waals surface area contributed by atoms with Gasteiger partial charge in [-0.05, 0) is 338 Å². The zero-order valence-corrected chi connectivity index (χ0v) is 59.4. The van der Waals surface area contributed by atoms with Crippen LogP contribution in [0.25, 0.3) is 0 Å². The van der Waals surface area contributed by atoms with Crippen molar-refractivity contribution in [2.24, 2.45) is 122 Å². The molecule has 516 valence electrons. The maximum atomic E-state index is 12.6. The molecule has 16 bridgehead atoms. The van der Waals surface area contributed by atoms with Crippen LogP contribution in [0.3, 0.4) is 0 Å². The largest absolute Gasteiger partial charge is 0.465 e. The molecule has 9 atom stereocenters. The highest BCUT2D eigenvalue weighted by Gasteiger charge is 2.63. The van der Waals surface area contributed by atoms with Crippen molar-refractivity contribution in [2.75, 3.05) is 19.8 Å². The molecule has 16 saturated carbocycles. The predicted octanol–water partition coefficient (Wildman–Crippen LogP) is 16.5. The number of fused-ring (bicyclic) bond motifs is 9. The molecule has 91 heavy (non-hydrogen) atoms. The van der Waals surface area contributed by atoms with Crippen LogP contribution in [0.2, 0.25) is 0 Å². The Morgan fingerprint density at radius 2 is 0.846 bits per heavy atom. The molecule has 16 aliphatic rings.